The molecule has 2 aliphatic heterocycles. The van der Waals surface area contributed by atoms with E-state index in [1.54, 1.807) is 0 Å². The molecule has 0 aromatic rings. The molecule has 2 aliphatic carbocycles. The van der Waals surface area contributed by atoms with Crippen LogP contribution in [-0.4, -0.2) is 54.7 Å². The Labute approximate surface area is 143 Å². The third-order valence-electron chi connectivity index (χ3n) is 6.66. The summed E-state index contributed by atoms with van der Waals surface area (Å²) in [6.45, 7) is 4.47. The maximum Gasteiger partial charge on any atom is 0.315 e. The second kappa shape index (κ2) is 6.21. The fourth-order valence-corrected chi connectivity index (χ4v) is 5.01. The average molecular weight is 335 g/mol. The minimum Gasteiger partial charge on any atom is -0.381 e. The van der Waals surface area contributed by atoms with Gasteiger partial charge in [-0.3, -0.25) is 4.79 Å². The number of rotatable bonds is 3. The maximum atomic E-state index is 12.5. The molecule has 0 unspecified atom stereocenters. The van der Waals surface area contributed by atoms with E-state index in [-0.39, 0.29) is 29.4 Å². The van der Waals surface area contributed by atoms with E-state index in [1.165, 1.54) is 12.8 Å². The Morgan fingerprint density at radius 1 is 1.25 bits per heavy atom. The number of hydrogen-bond donors (Lipinski definition) is 2. The molecule has 4 rings (SSSR count). The van der Waals surface area contributed by atoms with E-state index in [4.69, 9.17) is 4.74 Å². The molecule has 2 saturated carbocycles. The number of urea groups is 1. The molecule has 3 amide bonds. The van der Waals surface area contributed by atoms with Crippen molar-refractivity contribution in [3.8, 4) is 0 Å². The fourth-order valence-electron chi connectivity index (χ4n) is 5.01. The second-order valence-electron chi connectivity index (χ2n) is 8.26. The van der Waals surface area contributed by atoms with Gasteiger partial charge in [0.25, 0.3) is 0 Å². The smallest absolute Gasteiger partial charge is 0.315 e. The average Bonchev–Trinajstić information content (AvgIpc) is 3.00. The molecule has 1 spiro atoms. The first-order valence-electron chi connectivity index (χ1n) is 9.52. The molecule has 6 nitrogen and oxygen atoms in total. The van der Waals surface area contributed by atoms with E-state index in [9.17, 15) is 9.59 Å². The molecule has 2 heterocycles. The Morgan fingerprint density at radius 2 is 2.00 bits per heavy atom. The van der Waals surface area contributed by atoms with Crippen molar-refractivity contribution in [3.63, 3.8) is 0 Å². The van der Waals surface area contributed by atoms with E-state index in [0.717, 1.165) is 38.9 Å². The van der Waals surface area contributed by atoms with Crippen molar-refractivity contribution in [2.45, 2.75) is 70.0 Å². The third kappa shape index (κ3) is 3.01. The highest BCUT2D eigenvalue weighted by atomic mass is 16.5. The topological polar surface area (TPSA) is 70.7 Å². The van der Waals surface area contributed by atoms with Crippen LogP contribution in [0.2, 0.25) is 0 Å². The van der Waals surface area contributed by atoms with Crippen LogP contribution in [0.4, 0.5) is 4.79 Å². The number of amides is 3. The first kappa shape index (κ1) is 16.2. The molecule has 4 atom stereocenters. The monoisotopic (exact) mass is 335 g/mol. The maximum absolute atomic E-state index is 12.5. The lowest BCUT2D eigenvalue weighted by Gasteiger charge is -2.39. The largest absolute Gasteiger partial charge is 0.381 e. The molecule has 4 aliphatic rings. The lowest BCUT2D eigenvalue weighted by Crippen LogP contribution is -2.52. The van der Waals surface area contributed by atoms with Gasteiger partial charge in [-0.05, 0) is 43.4 Å². The van der Waals surface area contributed by atoms with Gasteiger partial charge in [0.1, 0.15) is 0 Å². The van der Waals surface area contributed by atoms with Gasteiger partial charge in [0.15, 0.2) is 0 Å². The van der Waals surface area contributed by atoms with Gasteiger partial charge in [-0.15, -0.1) is 0 Å². The first-order valence-corrected chi connectivity index (χ1v) is 9.52. The molecule has 134 valence electrons. The minimum atomic E-state index is -0.101. The molecule has 4 fully saturated rings. The fraction of sp³-hybridized carbons (Fsp3) is 0.889. The highest BCUT2D eigenvalue weighted by Gasteiger charge is 2.46. The summed E-state index contributed by atoms with van der Waals surface area (Å²) >= 11 is 0. The van der Waals surface area contributed by atoms with Gasteiger partial charge < -0.3 is 20.3 Å². The van der Waals surface area contributed by atoms with Gasteiger partial charge in [0.2, 0.25) is 5.91 Å². The molecule has 24 heavy (non-hydrogen) atoms. The summed E-state index contributed by atoms with van der Waals surface area (Å²) in [5.41, 5.74) is 0.233. The molecule has 6 heteroatoms. The SMILES string of the molecule is C[C@@H]1C[C@@H]1N1C[C@H](NC(=O)N[C@@H]2CCCC23CCOCC3)CC1=O. The quantitative estimate of drug-likeness (QED) is 0.824. The summed E-state index contributed by atoms with van der Waals surface area (Å²) in [4.78, 5) is 26.5. The van der Waals surface area contributed by atoms with Crippen molar-refractivity contribution >= 4 is 11.9 Å². The third-order valence-corrected chi connectivity index (χ3v) is 6.66. The predicted octanol–water partition coefficient (Wildman–Crippen LogP) is 1.64. The Morgan fingerprint density at radius 3 is 2.71 bits per heavy atom. The summed E-state index contributed by atoms with van der Waals surface area (Å²) in [6, 6.07) is 0.513. The summed E-state index contributed by atoms with van der Waals surface area (Å²) < 4.78 is 5.51. The minimum absolute atomic E-state index is 0.0441. The number of carbonyl (C=O) groups is 2. The van der Waals surface area contributed by atoms with Gasteiger partial charge in [-0.2, -0.15) is 0 Å². The van der Waals surface area contributed by atoms with Crippen LogP contribution >= 0.6 is 0 Å². The Hall–Kier alpha value is -1.30. The van der Waals surface area contributed by atoms with Crippen molar-refractivity contribution in [2.24, 2.45) is 11.3 Å². The van der Waals surface area contributed by atoms with Crippen molar-refractivity contribution < 1.29 is 14.3 Å². The Kier molecular flexibility index (Phi) is 4.19. The van der Waals surface area contributed by atoms with Gasteiger partial charge in [-0.25, -0.2) is 4.79 Å². The van der Waals surface area contributed by atoms with E-state index in [1.807, 2.05) is 4.90 Å². The van der Waals surface area contributed by atoms with Crippen LogP contribution in [0.15, 0.2) is 0 Å². The zero-order valence-electron chi connectivity index (χ0n) is 14.6. The zero-order chi connectivity index (χ0) is 16.7. The molecule has 2 N–H and O–H groups in total. The van der Waals surface area contributed by atoms with Gasteiger partial charge in [0, 0.05) is 38.3 Å². The number of carbonyl (C=O) groups excluding carboxylic acids is 2. The van der Waals surface area contributed by atoms with Gasteiger partial charge >= 0.3 is 6.03 Å². The Balaban J connectivity index is 1.30. The van der Waals surface area contributed by atoms with E-state index in [2.05, 4.69) is 17.6 Å². The highest BCUT2D eigenvalue weighted by Crippen LogP contribution is 2.46. The molecule has 2 saturated heterocycles. The first-order chi connectivity index (χ1) is 11.6. The normalized spacial score (nSPS) is 37.7. The van der Waals surface area contributed by atoms with Gasteiger partial charge in [-0.1, -0.05) is 13.3 Å². The lowest BCUT2D eigenvalue weighted by molar-refractivity contribution is -0.128. The molecule has 0 radical (unpaired) electrons. The van der Waals surface area contributed by atoms with E-state index >= 15 is 0 Å². The summed E-state index contributed by atoms with van der Waals surface area (Å²) in [5.74, 6) is 0.810. The number of likely N-dealkylation sites (tertiary alicyclic amines) is 1. The van der Waals surface area contributed by atoms with Crippen LogP contribution in [0.5, 0.6) is 0 Å². The van der Waals surface area contributed by atoms with Crippen LogP contribution in [0, 0.1) is 11.3 Å². The van der Waals surface area contributed by atoms with Crippen molar-refractivity contribution in [2.75, 3.05) is 19.8 Å². The van der Waals surface area contributed by atoms with Crippen LogP contribution in [0.25, 0.3) is 0 Å². The molecule has 0 bridgehead atoms. The molecule has 0 aromatic carbocycles. The molecule has 0 aromatic heterocycles. The lowest BCUT2D eigenvalue weighted by atomic mass is 9.75. The van der Waals surface area contributed by atoms with Crippen LogP contribution in [-0.2, 0) is 9.53 Å². The summed E-state index contributed by atoms with van der Waals surface area (Å²) in [5, 5.41) is 6.26. The van der Waals surface area contributed by atoms with Crippen LogP contribution in [0.1, 0.15) is 51.9 Å². The van der Waals surface area contributed by atoms with E-state index in [0.29, 0.717) is 24.9 Å². The number of nitrogens with one attached hydrogen (secondary N) is 2. The van der Waals surface area contributed by atoms with Gasteiger partial charge in [0.05, 0.1) is 6.04 Å². The van der Waals surface area contributed by atoms with Crippen LogP contribution in [0.3, 0.4) is 0 Å². The van der Waals surface area contributed by atoms with E-state index < -0.39 is 0 Å². The molecular weight excluding hydrogens is 306 g/mol. The number of nitrogens with zero attached hydrogens (tertiary/aromatic N) is 1. The summed E-state index contributed by atoms with van der Waals surface area (Å²) in [6.07, 6.45) is 7.08. The number of hydrogen-bond acceptors (Lipinski definition) is 3. The number of ether oxygens (including phenoxy) is 1. The summed E-state index contributed by atoms with van der Waals surface area (Å²) in [7, 11) is 0. The van der Waals surface area contributed by atoms with Crippen molar-refractivity contribution in [3.05, 3.63) is 0 Å². The Bertz CT molecular complexity index is 518. The molecular formula is C18H29N3O3. The van der Waals surface area contributed by atoms with Crippen LogP contribution < -0.4 is 10.6 Å². The van der Waals surface area contributed by atoms with Crippen molar-refractivity contribution in [1.82, 2.24) is 15.5 Å². The predicted molar refractivity (Wildman–Crippen MR) is 89.5 cm³/mol. The zero-order valence-corrected chi connectivity index (χ0v) is 14.6. The standard InChI is InChI=1S/C18H29N3O3/c1-12-9-14(12)21-11-13(10-16(21)22)19-17(23)20-15-3-2-4-18(15)5-7-24-8-6-18/h12-15H,2-11H2,1H3,(H2,19,20,23)/t12-,13-,14+,15-/m1/s1. The van der Waals surface area contributed by atoms with Crippen molar-refractivity contribution in [1.29, 1.82) is 0 Å². The second-order valence-corrected chi connectivity index (χ2v) is 8.26. The highest BCUT2D eigenvalue weighted by molar-refractivity contribution is 5.82.